The van der Waals surface area contributed by atoms with Gasteiger partial charge in [-0.3, -0.25) is 4.79 Å². The fourth-order valence-corrected chi connectivity index (χ4v) is 2.49. The first-order valence-electron chi connectivity index (χ1n) is 5.43. The predicted octanol–water partition coefficient (Wildman–Crippen LogP) is 4.01. The fraction of sp³-hybridized carbons (Fsp3) is 0.231. The van der Waals surface area contributed by atoms with Crippen LogP contribution in [0.3, 0.4) is 0 Å². The van der Waals surface area contributed by atoms with E-state index in [4.69, 9.17) is 0 Å². The quantitative estimate of drug-likeness (QED) is 0.780. The molecule has 2 nitrogen and oxygen atoms in total. The molecule has 0 aliphatic rings. The molecule has 0 aliphatic heterocycles. The summed E-state index contributed by atoms with van der Waals surface area (Å²) in [7, 11) is 0. The Morgan fingerprint density at radius 2 is 1.95 bits per heavy atom. The molecule has 0 saturated heterocycles. The number of thiazole rings is 1. The van der Waals surface area contributed by atoms with Gasteiger partial charge >= 0.3 is 6.18 Å². The molecule has 0 spiro atoms. The van der Waals surface area contributed by atoms with Crippen molar-refractivity contribution < 1.29 is 18.0 Å². The lowest BCUT2D eigenvalue weighted by Crippen LogP contribution is -2.08. The van der Waals surface area contributed by atoms with Gasteiger partial charge in [0.05, 0.1) is 21.6 Å². The molecule has 19 heavy (non-hydrogen) atoms. The molecule has 0 amide bonds. The van der Waals surface area contributed by atoms with Crippen LogP contribution in [0.1, 0.15) is 32.1 Å². The molecule has 0 radical (unpaired) electrons. The molecule has 0 atom stereocenters. The van der Waals surface area contributed by atoms with Crippen molar-refractivity contribution in [1.82, 2.24) is 4.98 Å². The third-order valence-corrected chi connectivity index (χ3v) is 3.68. The molecule has 2 rings (SSSR count). The Hall–Kier alpha value is -1.69. The number of rotatable bonds is 2. The summed E-state index contributed by atoms with van der Waals surface area (Å²) in [6.45, 7) is 3.20. The lowest BCUT2D eigenvalue weighted by atomic mass is 10.0. The lowest BCUT2D eigenvalue weighted by molar-refractivity contribution is -0.137. The van der Waals surface area contributed by atoms with E-state index in [0.717, 1.165) is 12.1 Å². The zero-order valence-electron chi connectivity index (χ0n) is 10.2. The molecule has 2 aromatic rings. The summed E-state index contributed by atoms with van der Waals surface area (Å²) in [4.78, 5) is 16.6. The first-order chi connectivity index (χ1) is 8.80. The van der Waals surface area contributed by atoms with Gasteiger partial charge in [-0.1, -0.05) is 6.07 Å². The molecule has 6 heteroatoms. The first-order valence-corrected chi connectivity index (χ1v) is 6.31. The highest BCUT2D eigenvalue weighted by molar-refractivity contribution is 7.12. The number of aryl methyl sites for hydroxylation is 2. The molecular weight excluding hydrogens is 275 g/mol. The minimum atomic E-state index is -4.40. The van der Waals surface area contributed by atoms with E-state index in [2.05, 4.69) is 4.98 Å². The van der Waals surface area contributed by atoms with E-state index >= 15 is 0 Å². The van der Waals surface area contributed by atoms with Crippen LogP contribution in [-0.2, 0) is 6.18 Å². The monoisotopic (exact) mass is 285 g/mol. The Kier molecular flexibility index (Phi) is 3.45. The second-order valence-electron chi connectivity index (χ2n) is 4.12. The molecule has 0 fully saturated rings. The van der Waals surface area contributed by atoms with Gasteiger partial charge in [-0.25, -0.2) is 4.98 Å². The van der Waals surface area contributed by atoms with Crippen LogP contribution in [0.2, 0.25) is 0 Å². The highest BCUT2D eigenvalue weighted by Gasteiger charge is 2.31. The summed E-state index contributed by atoms with van der Waals surface area (Å²) >= 11 is 1.19. The third kappa shape index (κ3) is 2.68. The normalized spacial score (nSPS) is 11.6. The second-order valence-corrected chi connectivity index (χ2v) is 4.98. The van der Waals surface area contributed by atoms with E-state index in [9.17, 15) is 18.0 Å². The summed E-state index contributed by atoms with van der Waals surface area (Å²) in [6.07, 6.45) is -4.40. The van der Waals surface area contributed by atoms with Crippen LogP contribution in [-0.4, -0.2) is 10.8 Å². The Morgan fingerprint density at radius 3 is 2.42 bits per heavy atom. The van der Waals surface area contributed by atoms with Gasteiger partial charge in [0.1, 0.15) is 0 Å². The van der Waals surface area contributed by atoms with Crippen molar-refractivity contribution in [2.75, 3.05) is 0 Å². The standard InChI is InChI=1S/C13H10F3NOS/c1-7-5-9(13(14,15)16)3-4-10(7)11(18)12-8(2)17-6-19-12/h3-6H,1-2H3. The molecule has 0 N–H and O–H groups in total. The molecule has 100 valence electrons. The molecule has 0 saturated carbocycles. The Morgan fingerprint density at radius 1 is 1.26 bits per heavy atom. The molecular formula is C13H10F3NOS. The molecule has 1 aromatic heterocycles. The number of benzene rings is 1. The Bertz CT molecular complexity index is 631. The number of nitrogens with zero attached hydrogens (tertiary/aromatic N) is 1. The molecule has 1 aromatic carbocycles. The molecule has 1 heterocycles. The maximum Gasteiger partial charge on any atom is 0.416 e. The fourth-order valence-electron chi connectivity index (χ4n) is 1.74. The summed E-state index contributed by atoms with van der Waals surface area (Å²) in [5.41, 5.74) is 1.98. The van der Waals surface area contributed by atoms with Crippen LogP contribution in [0.25, 0.3) is 0 Å². The van der Waals surface area contributed by atoms with Crippen molar-refractivity contribution in [2.45, 2.75) is 20.0 Å². The van der Waals surface area contributed by atoms with Gasteiger partial charge in [0, 0.05) is 5.56 Å². The number of alkyl halides is 3. The number of aromatic nitrogens is 1. The van der Waals surface area contributed by atoms with Crippen LogP contribution in [0, 0.1) is 13.8 Å². The van der Waals surface area contributed by atoms with E-state index in [-0.39, 0.29) is 11.3 Å². The Labute approximate surface area is 111 Å². The van der Waals surface area contributed by atoms with Crippen LogP contribution in [0.4, 0.5) is 13.2 Å². The van der Waals surface area contributed by atoms with Crippen molar-refractivity contribution in [1.29, 1.82) is 0 Å². The lowest BCUT2D eigenvalue weighted by Gasteiger charge is -2.10. The van der Waals surface area contributed by atoms with Crippen LogP contribution >= 0.6 is 11.3 Å². The van der Waals surface area contributed by atoms with Gasteiger partial charge in [0.15, 0.2) is 0 Å². The average Bonchev–Trinajstić information content (AvgIpc) is 2.73. The van der Waals surface area contributed by atoms with Gasteiger partial charge in [0.25, 0.3) is 0 Å². The summed E-state index contributed by atoms with van der Waals surface area (Å²) in [5, 5.41) is 0. The van der Waals surface area contributed by atoms with E-state index < -0.39 is 11.7 Å². The number of carbonyl (C=O) groups excluding carboxylic acids is 1. The summed E-state index contributed by atoms with van der Waals surface area (Å²) in [6, 6.07) is 3.14. The SMILES string of the molecule is Cc1cc(C(F)(F)F)ccc1C(=O)c1scnc1C. The van der Waals surface area contributed by atoms with E-state index in [1.54, 1.807) is 12.4 Å². The number of ketones is 1. The Balaban J connectivity index is 2.43. The maximum atomic E-state index is 12.5. The van der Waals surface area contributed by atoms with Gasteiger partial charge in [-0.2, -0.15) is 13.2 Å². The third-order valence-electron chi connectivity index (χ3n) is 2.75. The number of hydrogen-bond acceptors (Lipinski definition) is 3. The van der Waals surface area contributed by atoms with E-state index in [1.165, 1.54) is 24.3 Å². The smallest absolute Gasteiger partial charge is 0.288 e. The molecule has 0 aliphatic carbocycles. The average molecular weight is 285 g/mol. The number of carbonyl (C=O) groups is 1. The van der Waals surface area contributed by atoms with E-state index in [1.807, 2.05) is 0 Å². The number of hydrogen-bond donors (Lipinski definition) is 0. The van der Waals surface area contributed by atoms with Crippen LogP contribution < -0.4 is 0 Å². The zero-order valence-corrected chi connectivity index (χ0v) is 11.0. The topological polar surface area (TPSA) is 30.0 Å². The predicted molar refractivity (Wildman–Crippen MR) is 66.5 cm³/mol. The van der Waals surface area contributed by atoms with Gasteiger partial charge < -0.3 is 0 Å². The highest BCUT2D eigenvalue weighted by atomic mass is 32.1. The molecule has 0 bridgehead atoms. The molecule has 0 unspecified atom stereocenters. The summed E-state index contributed by atoms with van der Waals surface area (Å²) in [5.74, 6) is -0.286. The van der Waals surface area contributed by atoms with Gasteiger partial charge in [-0.15, -0.1) is 11.3 Å². The van der Waals surface area contributed by atoms with Crippen molar-refractivity contribution in [2.24, 2.45) is 0 Å². The zero-order chi connectivity index (χ0) is 14.2. The van der Waals surface area contributed by atoms with E-state index in [0.29, 0.717) is 16.1 Å². The van der Waals surface area contributed by atoms with Crippen molar-refractivity contribution in [3.63, 3.8) is 0 Å². The minimum absolute atomic E-state index is 0.278. The van der Waals surface area contributed by atoms with Gasteiger partial charge in [0.2, 0.25) is 5.78 Å². The summed E-state index contributed by atoms with van der Waals surface area (Å²) < 4.78 is 37.6. The van der Waals surface area contributed by atoms with Crippen LogP contribution in [0.5, 0.6) is 0 Å². The highest BCUT2D eigenvalue weighted by Crippen LogP contribution is 2.31. The van der Waals surface area contributed by atoms with Crippen LogP contribution in [0.15, 0.2) is 23.7 Å². The van der Waals surface area contributed by atoms with Gasteiger partial charge in [-0.05, 0) is 31.5 Å². The van der Waals surface area contributed by atoms with Crippen molar-refractivity contribution in [3.8, 4) is 0 Å². The van der Waals surface area contributed by atoms with Crippen molar-refractivity contribution in [3.05, 3.63) is 51.0 Å². The minimum Gasteiger partial charge on any atom is -0.288 e. The largest absolute Gasteiger partial charge is 0.416 e. The second kappa shape index (κ2) is 4.77. The number of halogens is 3. The maximum absolute atomic E-state index is 12.5. The first kappa shape index (κ1) is 13.7. The van der Waals surface area contributed by atoms with Crippen molar-refractivity contribution >= 4 is 17.1 Å².